The van der Waals surface area contributed by atoms with E-state index in [1.54, 1.807) is 18.2 Å². The number of aryl methyl sites for hydroxylation is 1. The number of ketones is 1. The van der Waals surface area contributed by atoms with Crippen LogP contribution in [-0.4, -0.2) is 5.78 Å². The van der Waals surface area contributed by atoms with E-state index in [1.165, 1.54) is 0 Å². The van der Waals surface area contributed by atoms with E-state index in [9.17, 15) is 4.79 Å². The van der Waals surface area contributed by atoms with Crippen molar-refractivity contribution in [2.45, 2.75) is 6.92 Å². The Balaban J connectivity index is 2.84. The summed E-state index contributed by atoms with van der Waals surface area (Å²) in [6.07, 6.45) is 1.00. The van der Waals surface area contributed by atoms with Gasteiger partial charge in [-0.3, -0.25) is 4.79 Å². The maximum atomic E-state index is 11.1. The summed E-state index contributed by atoms with van der Waals surface area (Å²) in [5.74, 6) is -0.238. The number of nitriles is 1. The molecule has 0 heterocycles. The summed E-state index contributed by atoms with van der Waals surface area (Å²) in [5.41, 5.74) is 1.66. The average Bonchev–Trinajstić information content (AvgIpc) is 2.06. The minimum Gasteiger partial charge on any atom is -0.293 e. The van der Waals surface area contributed by atoms with Crippen LogP contribution in [0.2, 0.25) is 0 Å². The molecule has 0 aliphatic rings. The molecule has 0 bridgehead atoms. The molecule has 1 aromatic carbocycles. The fourth-order valence-electron chi connectivity index (χ4n) is 0.860. The molecule has 0 atom stereocenters. The van der Waals surface area contributed by atoms with Gasteiger partial charge in [0.05, 0.1) is 6.07 Å². The molecule has 0 amide bonds. The van der Waals surface area contributed by atoms with E-state index in [-0.39, 0.29) is 5.78 Å². The number of hydrogen-bond donors (Lipinski definition) is 0. The number of nitrogens with zero attached hydrogens (tertiary/aromatic N) is 1. The largest absolute Gasteiger partial charge is 0.293 e. The van der Waals surface area contributed by atoms with Crippen molar-refractivity contribution in [3.8, 4) is 6.07 Å². The van der Waals surface area contributed by atoms with Crippen molar-refractivity contribution in [1.82, 2.24) is 0 Å². The lowest BCUT2D eigenvalue weighted by molar-refractivity contribution is 0.103. The molecule has 0 aliphatic heterocycles. The fourth-order valence-corrected chi connectivity index (χ4v) is 0.860. The minimum atomic E-state index is -0.238. The van der Waals surface area contributed by atoms with E-state index in [0.29, 0.717) is 5.56 Å². The molecule has 2 heteroatoms. The van der Waals surface area contributed by atoms with Crippen LogP contribution >= 0.6 is 0 Å². The third kappa shape index (κ3) is 1.93. The lowest BCUT2D eigenvalue weighted by atomic mass is 10.1. The minimum absolute atomic E-state index is 0.238. The van der Waals surface area contributed by atoms with Crippen LogP contribution in [-0.2, 0) is 0 Å². The molecule has 0 aromatic heterocycles. The first-order valence-electron chi connectivity index (χ1n) is 3.58. The molecule has 1 radical (unpaired) electrons. The van der Waals surface area contributed by atoms with Crippen molar-refractivity contribution >= 4 is 5.78 Å². The summed E-state index contributed by atoms with van der Waals surface area (Å²) in [7, 11) is 0. The normalized spacial score (nSPS) is 9.00. The molecule has 0 unspecified atom stereocenters. The van der Waals surface area contributed by atoms with E-state index in [1.807, 2.05) is 19.1 Å². The maximum absolute atomic E-state index is 11.1. The van der Waals surface area contributed by atoms with Gasteiger partial charge in [-0.25, -0.2) is 0 Å². The van der Waals surface area contributed by atoms with Crippen LogP contribution in [0.4, 0.5) is 0 Å². The Morgan fingerprint density at radius 2 is 2.00 bits per heavy atom. The molecule has 0 fully saturated rings. The summed E-state index contributed by atoms with van der Waals surface area (Å²) in [5, 5.41) is 8.23. The van der Waals surface area contributed by atoms with Gasteiger partial charge >= 0.3 is 0 Å². The number of hydrogen-bond acceptors (Lipinski definition) is 2. The van der Waals surface area contributed by atoms with Crippen LogP contribution in [0.3, 0.4) is 0 Å². The molecule has 59 valence electrons. The Kier molecular flexibility index (Phi) is 2.60. The smallest absolute Gasteiger partial charge is 0.181 e. The van der Waals surface area contributed by atoms with E-state index >= 15 is 0 Å². The molecule has 1 aromatic rings. The van der Waals surface area contributed by atoms with Gasteiger partial charge in [0.2, 0.25) is 0 Å². The van der Waals surface area contributed by atoms with Crippen molar-refractivity contribution in [2.75, 3.05) is 0 Å². The number of benzene rings is 1. The average molecular weight is 158 g/mol. The third-order valence-corrected chi connectivity index (χ3v) is 1.53. The van der Waals surface area contributed by atoms with Crippen molar-refractivity contribution in [2.24, 2.45) is 0 Å². The predicted molar refractivity (Wildman–Crippen MR) is 45.4 cm³/mol. The van der Waals surface area contributed by atoms with Crippen LogP contribution in [0.1, 0.15) is 15.9 Å². The Hall–Kier alpha value is -1.62. The zero-order chi connectivity index (χ0) is 8.97. The summed E-state index contributed by atoms with van der Waals surface area (Å²) in [4.78, 5) is 11.1. The van der Waals surface area contributed by atoms with Gasteiger partial charge in [-0.15, -0.1) is 0 Å². The summed E-state index contributed by atoms with van der Waals surface area (Å²) >= 11 is 0. The molecule has 0 N–H and O–H groups in total. The van der Waals surface area contributed by atoms with Gasteiger partial charge in [-0.05, 0) is 6.92 Å². The second-order valence-corrected chi connectivity index (χ2v) is 2.50. The predicted octanol–water partition coefficient (Wildman–Crippen LogP) is 1.91. The fraction of sp³-hybridized carbons (Fsp3) is 0.100. The highest BCUT2D eigenvalue weighted by Gasteiger charge is 2.03. The van der Waals surface area contributed by atoms with Gasteiger partial charge in [-0.2, -0.15) is 5.26 Å². The van der Waals surface area contributed by atoms with Crippen molar-refractivity contribution in [3.63, 3.8) is 0 Å². The monoisotopic (exact) mass is 158 g/mol. The molecule has 12 heavy (non-hydrogen) atoms. The highest BCUT2D eigenvalue weighted by molar-refractivity contribution is 6.04. The van der Waals surface area contributed by atoms with Crippen LogP contribution in [0.15, 0.2) is 24.3 Å². The van der Waals surface area contributed by atoms with Gasteiger partial charge in [0.1, 0.15) is 6.42 Å². The third-order valence-electron chi connectivity index (χ3n) is 1.53. The van der Waals surface area contributed by atoms with Gasteiger partial charge in [0, 0.05) is 5.56 Å². The van der Waals surface area contributed by atoms with Crippen molar-refractivity contribution < 1.29 is 4.79 Å². The lowest BCUT2D eigenvalue weighted by Crippen LogP contribution is -1.97. The number of rotatable bonds is 2. The van der Waals surface area contributed by atoms with Gasteiger partial charge in [0.25, 0.3) is 0 Å². The van der Waals surface area contributed by atoms with E-state index in [4.69, 9.17) is 5.26 Å². The first-order valence-corrected chi connectivity index (χ1v) is 3.58. The highest BCUT2D eigenvalue weighted by atomic mass is 16.1. The number of carbonyl (C=O) groups is 1. The number of carbonyl (C=O) groups excluding carboxylic acids is 1. The molecular formula is C10H8NO. The SMILES string of the molecule is Cc1ccc(C(=O)[CH]C#N)cc1. The topological polar surface area (TPSA) is 40.9 Å². The van der Waals surface area contributed by atoms with Crippen LogP contribution in [0, 0.1) is 24.7 Å². The summed E-state index contributed by atoms with van der Waals surface area (Å²) in [6.45, 7) is 1.95. The Morgan fingerprint density at radius 3 is 2.50 bits per heavy atom. The quantitative estimate of drug-likeness (QED) is 0.617. The van der Waals surface area contributed by atoms with Crippen LogP contribution in [0.25, 0.3) is 0 Å². The summed E-state index contributed by atoms with van der Waals surface area (Å²) < 4.78 is 0. The van der Waals surface area contributed by atoms with Gasteiger partial charge < -0.3 is 0 Å². The first kappa shape index (κ1) is 8.48. The Bertz CT molecular complexity index is 319. The summed E-state index contributed by atoms with van der Waals surface area (Å²) in [6, 6.07) is 8.82. The van der Waals surface area contributed by atoms with Crippen LogP contribution in [0.5, 0.6) is 0 Å². The highest BCUT2D eigenvalue weighted by Crippen LogP contribution is 2.04. The molecule has 2 nitrogen and oxygen atoms in total. The van der Waals surface area contributed by atoms with Crippen LogP contribution < -0.4 is 0 Å². The molecule has 0 aliphatic carbocycles. The second-order valence-electron chi connectivity index (χ2n) is 2.50. The lowest BCUT2D eigenvalue weighted by Gasteiger charge is -1.95. The molecule has 0 saturated heterocycles. The van der Waals surface area contributed by atoms with E-state index < -0.39 is 0 Å². The van der Waals surface area contributed by atoms with E-state index in [2.05, 4.69) is 0 Å². The Morgan fingerprint density at radius 1 is 1.42 bits per heavy atom. The zero-order valence-corrected chi connectivity index (χ0v) is 6.74. The van der Waals surface area contributed by atoms with E-state index in [0.717, 1.165) is 12.0 Å². The zero-order valence-electron chi connectivity index (χ0n) is 6.74. The Labute approximate surface area is 71.4 Å². The number of Topliss-reactive ketones (excluding diaryl/α,β-unsaturated/α-hetero) is 1. The van der Waals surface area contributed by atoms with Gasteiger partial charge in [0.15, 0.2) is 5.78 Å². The molecule has 0 spiro atoms. The molecular weight excluding hydrogens is 150 g/mol. The van der Waals surface area contributed by atoms with Crippen molar-refractivity contribution in [3.05, 3.63) is 41.8 Å². The first-order chi connectivity index (χ1) is 5.74. The molecule has 1 rings (SSSR count). The standard InChI is InChI=1S/C10H8NO/c1-8-2-4-9(5-3-8)10(12)6-7-11/h2-6H,1H3. The maximum Gasteiger partial charge on any atom is 0.181 e. The van der Waals surface area contributed by atoms with Crippen molar-refractivity contribution in [1.29, 1.82) is 5.26 Å². The van der Waals surface area contributed by atoms with Gasteiger partial charge in [-0.1, -0.05) is 29.8 Å². The molecule has 0 saturated carbocycles. The second kappa shape index (κ2) is 3.68.